The third-order valence-electron chi connectivity index (χ3n) is 5.15. The van der Waals surface area contributed by atoms with E-state index in [9.17, 15) is 4.79 Å². The molecule has 1 aliphatic heterocycles. The van der Waals surface area contributed by atoms with Crippen LogP contribution in [0.15, 0.2) is 42.7 Å². The molecule has 0 unspecified atom stereocenters. The Morgan fingerprint density at radius 3 is 2.82 bits per heavy atom. The second-order valence-electron chi connectivity index (χ2n) is 7.25. The van der Waals surface area contributed by atoms with Crippen LogP contribution in [0.4, 0.5) is 16.2 Å². The number of amides is 2. The van der Waals surface area contributed by atoms with Crippen molar-refractivity contribution < 1.29 is 9.53 Å². The SMILES string of the molecule is CC[C@@H](C)Oc1ccccc1NC(=O)N1CCCN(c2ccncc2C)CC1. The Hall–Kier alpha value is -2.76. The van der Waals surface area contributed by atoms with Crippen molar-refractivity contribution in [2.45, 2.75) is 39.7 Å². The molecule has 2 amide bonds. The van der Waals surface area contributed by atoms with Crippen LogP contribution in [0.3, 0.4) is 0 Å². The maximum Gasteiger partial charge on any atom is 0.322 e. The minimum atomic E-state index is -0.0755. The number of ether oxygens (including phenoxy) is 1. The minimum Gasteiger partial charge on any atom is -0.489 e. The summed E-state index contributed by atoms with van der Waals surface area (Å²) < 4.78 is 5.95. The standard InChI is InChI=1S/C22H30N4O2/c1-4-18(3)28-21-9-6-5-8-19(21)24-22(27)26-13-7-12-25(14-15-26)20-10-11-23-16-17(20)2/h5-6,8-11,16,18H,4,7,12-15H2,1-3H3,(H,24,27)/t18-/m1/s1. The summed E-state index contributed by atoms with van der Waals surface area (Å²) in [5, 5.41) is 3.04. The van der Waals surface area contributed by atoms with Gasteiger partial charge in [0.1, 0.15) is 5.75 Å². The van der Waals surface area contributed by atoms with E-state index in [0.29, 0.717) is 12.3 Å². The van der Waals surface area contributed by atoms with E-state index >= 15 is 0 Å². The summed E-state index contributed by atoms with van der Waals surface area (Å²) in [7, 11) is 0. The molecule has 1 atom stereocenters. The lowest BCUT2D eigenvalue weighted by Gasteiger charge is -2.25. The first-order chi connectivity index (χ1) is 13.6. The Morgan fingerprint density at radius 1 is 1.21 bits per heavy atom. The van der Waals surface area contributed by atoms with E-state index in [-0.39, 0.29) is 12.1 Å². The molecule has 28 heavy (non-hydrogen) atoms. The van der Waals surface area contributed by atoms with E-state index in [2.05, 4.69) is 29.0 Å². The van der Waals surface area contributed by atoms with Gasteiger partial charge in [-0.25, -0.2) is 4.79 Å². The summed E-state index contributed by atoms with van der Waals surface area (Å²) in [6.45, 7) is 9.35. The number of carbonyl (C=O) groups excluding carboxylic acids is 1. The third kappa shape index (κ3) is 4.94. The number of nitrogens with zero attached hydrogens (tertiary/aromatic N) is 3. The highest BCUT2D eigenvalue weighted by atomic mass is 16.5. The van der Waals surface area contributed by atoms with Crippen LogP contribution < -0.4 is 15.0 Å². The molecule has 150 valence electrons. The maximum absolute atomic E-state index is 12.9. The number of anilines is 2. The van der Waals surface area contributed by atoms with Crippen LogP contribution in [0, 0.1) is 6.92 Å². The zero-order chi connectivity index (χ0) is 19.9. The summed E-state index contributed by atoms with van der Waals surface area (Å²) in [6.07, 6.45) is 5.66. The highest BCUT2D eigenvalue weighted by molar-refractivity contribution is 5.91. The average Bonchev–Trinajstić information content (AvgIpc) is 2.96. The normalized spacial score (nSPS) is 15.7. The van der Waals surface area contributed by atoms with Gasteiger partial charge in [0.2, 0.25) is 0 Å². The fraction of sp³-hybridized carbons (Fsp3) is 0.455. The average molecular weight is 383 g/mol. The zero-order valence-electron chi connectivity index (χ0n) is 17.0. The smallest absolute Gasteiger partial charge is 0.322 e. The van der Waals surface area contributed by atoms with Gasteiger partial charge < -0.3 is 19.9 Å². The van der Waals surface area contributed by atoms with Crippen molar-refractivity contribution >= 4 is 17.4 Å². The largest absolute Gasteiger partial charge is 0.489 e. The maximum atomic E-state index is 12.9. The molecule has 0 spiro atoms. The van der Waals surface area contributed by atoms with Crippen LogP contribution in [-0.2, 0) is 0 Å². The van der Waals surface area contributed by atoms with Crippen molar-refractivity contribution in [1.82, 2.24) is 9.88 Å². The first kappa shape index (κ1) is 20.0. The number of hydrogen-bond acceptors (Lipinski definition) is 4. The predicted molar refractivity (Wildman–Crippen MR) is 113 cm³/mol. The number of pyridine rings is 1. The molecule has 3 rings (SSSR count). The summed E-state index contributed by atoms with van der Waals surface area (Å²) in [5.41, 5.74) is 3.08. The second-order valence-corrected chi connectivity index (χ2v) is 7.25. The van der Waals surface area contributed by atoms with Crippen LogP contribution in [-0.4, -0.2) is 48.2 Å². The van der Waals surface area contributed by atoms with Gasteiger partial charge in [-0.15, -0.1) is 0 Å². The third-order valence-corrected chi connectivity index (χ3v) is 5.15. The van der Waals surface area contributed by atoms with E-state index in [1.54, 1.807) is 0 Å². The van der Waals surface area contributed by atoms with Gasteiger partial charge in [0, 0.05) is 44.3 Å². The summed E-state index contributed by atoms with van der Waals surface area (Å²) in [6, 6.07) is 9.60. The molecule has 0 radical (unpaired) electrons. The van der Waals surface area contributed by atoms with Crippen LogP contribution in [0.25, 0.3) is 0 Å². The van der Waals surface area contributed by atoms with E-state index < -0.39 is 0 Å². The monoisotopic (exact) mass is 382 g/mol. The van der Waals surface area contributed by atoms with Crippen LogP contribution in [0.5, 0.6) is 5.75 Å². The van der Waals surface area contributed by atoms with Crippen molar-refractivity contribution in [3.8, 4) is 5.75 Å². The number of aryl methyl sites for hydroxylation is 1. The van der Waals surface area contributed by atoms with Gasteiger partial charge >= 0.3 is 6.03 Å². The summed E-state index contributed by atoms with van der Waals surface area (Å²) in [5.74, 6) is 0.717. The number of urea groups is 1. The van der Waals surface area contributed by atoms with Gasteiger partial charge in [-0.1, -0.05) is 19.1 Å². The first-order valence-electron chi connectivity index (χ1n) is 10.1. The fourth-order valence-corrected chi connectivity index (χ4v) is 3.35. The Bertz CT molecular complexity index is 796. The van der Waals surface area contributed by atoms with Gasteiger partial charge in [0.25, 0.3) is 0 Å². The van der Waals surface area contributed by atoms with Crippen molar-refractivity contribution in [2.24, 2.45) is 0 Å². The van der Waals surface area contributed by atoms with Gasteiger partial charge in [-0.3, -0.25) is 4.98 Å². The molecule has 1 N–H and O–H groups in total. The molecular weight excluding hydrogens is 352 g/mol. The Labute approximate surface area is 167 Å². The lowest BCUT2D eigenvalue weighted by molar-refractivity contribution is 0.212. The van der Waals surface area contributed by atoms with E-state index in [4.69, 9.17) is 4.74 Å². The van der Waals surface area contributed by atoms with E-state index in [0.717, 1.165) is 43.7 Å². The highest BCUT2D eigenvalue weighted by Gasteiger charge is 2.21. The van der Waals surface area contributed by atoms with Gasteiger partial charge in [-0.05, 0) is 50.5 Å². The topological polar surface area (TPSA) is 57.7 Å². The number of aromatic nitrogens is 1. The van der Waals surface area contributed by atoms with Crippen LogP contribution in [0.1, 0.15) is 32.3 Å². The van der Waals surface area contributed by atoms with Crippen LogP contribution in [0.2, 0.25) is 0 Å². The Morgan fingerprint density at radius 2 is 2.04 bits per heavy atom. The summed E-state index contributed by atoms with van der Waals surface area (Å²) in [4.78, 5) is 21.3. The number of nitrogens with one attached hydrogen (secondary N) is 1. The minimum absolute atomic E-state index is 0.0755. The molecule has 1 aromatic heterocycles. The van der Waals surface area contributed by atoms with E-state index in [1.807, 2.05) is 54.5 Å². The van der Waals surface area contributed by atoms with Crippen molar-refractivity contribution in [3.05, 3.63) is 48.3 Å². The molecule has 6 nitrogen and oxygen atoms in total. The van der Waals surface area contributed by atoms with Crippen molar-refractivity contribution in [1.29, 1.82) is 0 Å². The quantitative estimate of drug-likeness (QED) is 0.837. The molecule has 0 bridgehead atoms. The summed E-state index contributed by atoms with van der Waals surface area (Å²) >= 11 is 0. The number of benzene rings is 1. The molecule has 1 fully saturated rings. The number of carbonyl (C=O) groups is 1. The molecule has 2 aromatic rings. The molecule has 1 aromatic carbocycles. The van der Waals surface area contributed by atoms with Gasteiger partial charge in [0.15, 0.2) is 0 Å². The van der Waals surface area contributed by atoms with Crippen molar-refractivity contribution in [3.63, 3.8) is 0 Å². The van der Waals surface area contributed by atoms with E-state index in [1.165, 1.54) is 5.69 Å². The highest BCUT2D eigenvalue weighted by Crippen LogP contribution is 2.26. The Kier molecular flexibility index (Phi) is 6.74. The molecule has 0 aliphatic carbocycles. The first-order valence-corrected chi connectivity index (χ1v) is 10.1. The molecule has 0 saturated carbocycles. The number of hydrogen-bond donors (Lipinski definition) is 1. The predicted octanol–water partition coefficient (Wildman–Crippen LogP) is 4.31. The zero-order valence-corrected chi connectivity index (χ0v) is 17.0. The molecule has 1 saturated heterocycles. The lowest BCUT2D eigenvalue weighted by Crippen LogP contribution is -2.38. The second kappa shape index (κ2) is 9.44. The number of para-hydroxylation sites is 2. The van der Waals surface area contributed by atoms with Crippen LogP contribution >= 0.6 is 0 Å². The molecule has 1 aliphatic rings. The molecular formula is C22H30N4O2. The van der Waals surface area contributed by atoms with Crippen molar-refractivity contribution in [2.75, 3.05) is 36.4 Å². The number of rotatable bonds is 5. The van der Waals surface area contributed by atoms with Gasteiger partial charge in [0.05, 0.1) is 11.8 Å². The Balaban J connectivity index is 1.64. The molecule has 6 heteroatoms. The molecule has 2 heterocycles. The lowest BCUT2D eigenvalue weighted by atomic mass is 10.2. The van der Waals surface area contributed by atoms with Gasteiger partial charge in [-0.2, -0.15) is 0 Å². The fourth-order valence-electron chi connectivity index (χ4n) is 3.35.